The van der Waals surface area contributed by atoms with E-state index < -0.39 is 17.3 Å². The molecule has 3 aromatic carbocycles. The van der Waals surface area contributed by atoms with Crippen LogP contribution in [0.15, 0.2) is 78.9 Å². The molecule has 3 aromatic rings. The standard InChI is InChI=1S/C28H23NO3/c1-19-12-14-21(15-13-19)26(30)17-25-23-11-7-6-10-22(23)24(16-20-8-4-3-5-9-20)28(25,18-29)27(31)32-2/h3-16,25H,17H2,1-2H3/b24-16+. The number of carbonyl (C=O) groups excluding carboxylic acids is 2. The third-order valence-electron chi connectivity index (χ3n) is 6.13. The zero-order chi connectivity index (χ0) is 22.7. The van der Waals surface area contributed by atoms with Crippen LogP contribution in [0.1, 0.15) is 45.0 Å². The minimum atomic E-state index is -1.62. The van der Waals surface area contributed by atoms with Crippen molar-refractivity contribution in [1.29, 1.82) is 5.26 Å². The summed E-state index contributed by atoms with van der Waals surface area (Å²) in [5, 5.41) is 10.4. The van der Waals surface area contributed by atoms with Crippen molar-refractivity contribution in [2.45, 2.75) is 19.3 Å². The molecule has 2 unspecified atom stereocenters. The molecule has 0 saturated heterocycles. The molecule has 0 radical (unpaired) electrons. The molecule has 1 aliphatic carbocycles. The average Bonchev–Trinajstić information content (AvgIpc) is 3.09. The van der Waals surface area contributed by atoms with Gasteiger partial charge in [0.25, 0.3) is 0 Å². The summed E-state index contributed by atoms with van der Waals surface area (Å²) in [5.41, 5.74) is 3.04. The Labute approximate surface area is 187 Å². The van der Waals surface area contributed by atoms with Crippen LogP contribution in [0.5, 0.6) is 0 Å². The van der Waals surface area contributed by atoms with Crippen LogP contribution < -0.4 is 0 Å². The molecule has 0 saturated carbocycles. The molecule has 4 heteroatoms. The normalized spacial score (nSPS) is 20.4. The highest BCUT2D eigenvalue weighted by atomic mass is 16.5. The first-order valence-corrected chi connectivity index (χ1v) is 10.5. The van der Waals surface area contributed by atoms with Gasteiger partial charge in [0.05, 0.1) is 13.2 Å². The maximum absolute atomic E-state index is 13.2. The summed E-state index contributed by atoms with van der Waals surface area (Å²) in [5.74, 6) is -1.42. The SMILES string of the molecule is COC(=O)C1(C#N)/C(=C/c2ccccc2)c2ccccc2C1CC(=O)c1ccc(C)cc1. The molecule has 0 aromatic heterocycles. The number of benzene rings is 3. The van der Waals surface area contributed by atoms with Gasteiger partial charge in [0.2, 0.25) is 0 Å². The fourth-order valence-corrected chi connectivity index (χ4v) is 4.49. The van der Waals surface area contributed by atoms with E-state index in [9.17, 15) is 14.9 Å². The molecular weight excluding hydrogens is 398 g/mol. The molecular formula is C28H23NO3. The first-order valence-electron chi connectivity index (χ1n) is 10.5. The average molecular weight is 421 g/mol. The van der Waals surface area contributed by atoms with Crippen LogP contribution >= 0.6 is 0 Å². The van der Waals surface area contributed by atoms with Gasteiger partial charge < -0.3 is 4.74 Å². The van der Waals surface area contributed by atoms with Gasteiger partial charge in [-0.2, -0.15) is 5.26 Å². The second-order valence-corrected chi connectivity index (χ2v) is 8.01. The molecule has 0 fully saturated rings. The number of rotatable bonds is 5. The van der Waals surface area contributed by atoms with E-state index in [4.69, 9.17) is 4.74 Å². The summed E-state index contributed by atoms with van der Waals surface area (Å²) < 4.78 is 5.15. The van der Waals surface area contributed by atoms with Crippen LogP contribution in [-0.4, -0.2) is 18.9 Å². The van der Waals surface area contributed by atoms with Crippen LogP contribution in [0.25, 0.3) is 11.6 Å². The zero-order valence-corrected chi connectivity index (χ0v) is 18.0. The number of carbonyl (C=O) groups is 2. The molecule has 0 aliphatic heterocycles. The summed E-state index contributed by atoms with van der Waals surface area (Å²) in [6, 6.07) is 26.7. The van der Waals surface area contributed by atoms with Crippen molar-refractivity contribution in [3.63, 3.8) is 0 Å². The van der Waals surface area contributed by atoms with Gasteiger partial charge >= 0.3 is 5.97 Å². The lowest BCUT2D eigenvalue weighted by atomic mass is 9.71. The topological polar surface area (TPSA) is 67.2 Å². The molecule has 0 bridgehead atoms. The summed E-state index contributed by atoms with van der Waals surface area (Å²) >= 11 is 0. The van der Waals surface area contributed by atoms with E-state index in [1.54, 1.807) is 12.1 Å². The van der Waals surface area contributed by atoms with Gasteiger partial charge in [-0.1, -0.05) is 84.4 Å². The first-order chi connectivity index (χ1) is 15.5. The number of hydrogen-bond acceptors (Lipinski definition) is 4. The Bertz CT molecular complexity index is 1240. The van der Waals surface area contributed by atoms with Gasteiger partial charge in [-0.05, 0) is 35.3 Å². The number of nitriles is 1. The highest BCUT2D eigenvalue weighted by molar-refractivity contribution is 6.07. The Hall–Kier alpha value is -3.97. The maximum Gasteiger partial charge on any atom is 0.331 e. The van der Waals surface area contributed by atoms with Gasteiger partial charge in [-0.15, -0.1) is 0 Å². The van der Waals surface area contributed by atoms with E-state index in [0.29, 0.717) is 11.1 Å². The molecule has 0 spiro atoms. The number of esters is 1. The van der Waals surface area contributed by atoms with E-state index in [2.05, 4.69) is 6.07 Å². The van der Waals surface area contributed by atoms with E-state index in [1.807, 2.05) is 79.7 Å². The number of nitrogens with zero attached hydrogens (tertiary/aromatic N) is 1. The highest BCUT2D eigenvalue weighted by Crippen LogP contribution is 2.57. The molecule has 1 aliphatic rings. The molecule has 0 N–H and O–H groups in total. The van der Waals surface area contributed by atoms with Crippen molar-refractivity contribution in [2.75, 3.05) is 7.11 Å². The smallest absolute Gasteiger partial charge is 0.331 e. The number of ether oxygens (including phenoxy) is 1. The fraction of sp³-hybridized carbons (Fsp3) is 0.179. The van der Waals surface area contributed by atoms with Crippen LogP contribution in [0.2, 0.25) is 0 Å². The number of aryl methyl sites for hydroxylation is 1. The van der Waals surface area contributed by atoms with Crippen molar-refractivity contribution in [1.82, 2.24) is 0 Å². The monoisotopic (exact) mass is 421 g/mol. The van der Waals surface area contributed by atoms with Gasteiger partial charge in [-0.3, -0.25) is 4.79 Å². The molecule has 158 valence electrons. The predicted octanol–water partition coefficient (Wildman–Crippen LogP) is 5.59. The molecule has 4 rings (SSSR count). The minimum Gasteiger partial charge on any atom is -0.468 e. The second-order valence-electron chi connectivity index (χ2n) is 8.01. The quantitative estimate of drug-likeness (QED) is 0.398. The van der Waals surface area contributed by atoms with Gasteiger partial charge in [0.15, 0.2) is 11.2 Å². The van der Waals surface area contributed by atoms with Crippen molar-refractivity contribution >= 4 is 23.4 Å². The fourth-order valence-electron chi connectivity index (χ4n) is 4.49. The summed E-state index contributed by atoms with van der Waals surface area (Å²) in [7, 11) is 1.28. The highest BCUT2D eigenvalue weighted by Gasteiger charge is 2.57. The van der Waals surface area contributed by atoms with Crippen LogP contribution in [0.4, 0.5) is 0 Å². The Morgan fingerprint density at radius 3 is 2.31 bits per heavy atom. The molecule has 0 heterocycles. The minimum absolute atomic E-state index is 0.0227. The third kappa shape index (κ3) is 3.52. The molecule has 32 heavy (non-hydrogen) atoms. The molecule has 4 nitrogen and oxygen atoms in total. The number of ketones is 1. The summed E-state index contributed by atoms with van der Waals surface area (Å²) in [6.45, 7) is 1.96. The second kappa shape index (κ2) is 8.64. The summed E-state index contributed by atoms with van der Waals surface area (Å²) in [6.07, 6.45) is 1.88. The summed E-state index contributed by atoms with van der Waals surface area (Å²) in [4.78, 5) is 26.4. The lowest BCUT2D eigenvalue weighted by Crippen LogP contribution is -2.35. The zero-order valence-electron chi connectivity index (χ0n) is 18.0. The lowest BCUT2D eigenvalue weighted by Gasteiger charge is -2.27. The van der Waals surface area contributed by atoms with Gasteiger partial charge in [0.1, 0.15) is 0 Å². The van der Waals surface area contributed by atoms with Crippen LogP contribution in [-0.2, 0) is 9.53 Å². The van der Waals surface area contributed by atoms with Crippen molar-refractivity contribution in [2.24, 2.45) is 5.41 Å². The van der Waals surface area contributed by atoms with Crippen molar-refractivity contribution in [3.05, 3.63) is 107 Å². The molecule has 2 atom stereocenters. The first kappa shape index (κ1) is 21.3. The predicted molar refractivity (Wildman–Crippen MR) is 124 cm³/mol. The van der Waals surface area contributed by atoms with Gasteiger partial charge in [-0.25, -0.2) is 4.79 Å². The number of Topliss-reactive ketones (excluding diaryl/α,β-unsaturated/α-hetero) is 1. The van der Waals surface area contributed by atoms with E-state index in [-0.39, 0.29) is 12.2 Å². The van der Waals surface area contributed by atoms with E-state index >= 15 is 0 Å². The largest absolute Gasteiger partial charge is 0.468 e. The Balaban J connectivity index is 1.88. The number of fused-ring (bicyclic) bond motifs is 1. The van der Waals surface area contributed by atoms with Gasteiger partial charge in [0, 0.05) is 17.9 Å². The lowest BCUT2D eigenvalue weighted by molar-refractivity contribution is -0.147. The van der Waals surface area contributed by atoms with E-state index in [0.717, 1.165) is 22.3 Å². The van der Waals surface area contributed by atoms with Crippen LogP contribution in [0, 0.1) is 23.7 Å². The van der Waals surface area contributed by atoms with E-state index in [1.165, 1.54) is 7.11 Å². The Morgan fingerprint density at radius 2 is 1.66 bits per heavy atom. The Morgan fingerprint density at radius 1 is 1.00 bits per heavy atom. The number of hydrogen-bond donors (Lipinski definition) is 0. The molecule has 0 amide bonds. The number of methoxy groups -OCH3 is 1. The van der Waals surface area contributed by atoms with Crippen LogP contribution in [0.3, 0.4) is 0 Å². The van der Waals surface area contributed by atoms with Crippen molar-refractivity contribution in [3.8, 4) is 6.07 Å². The third-order valence-corrected chi connectivity index (χ3v) is 6.13. The maximum atomic E-state index is 13.2. The van der Waals surface area contributed by atoms with Crippen molar-refractivity contribution < 1.29 is 14.3 Å². The Kier molecular flexibility index (Phi) is 5.75.